The van der Waals surface area contributed by atoms with Gasteiger partial charge in [-0.3, -0.25) is 8.98 Å². The molecule has 0 radical (unpaired) electrons. The van der Waals surface area contributed by atoms with Crippen LogP contribution < -0.4 is 0 Å². The number of nitrogens with zero attached hydrogens (tertiary/aromatic N) is 2. The van der Waals surface area contributed by atoms with Crippen LogP contribution in [0.15, 0.2) is 18.3 Å². The van der Waals surface area contributed by atoms with Crippen molar-refractivity contribution in [1.29, 1.82) is 0 Å². The van der Waals surface area contributed by atoms with Gasteiger partial charge in [0, 0.05) is 13.0 Å². The molecule has 1 aliphatic heterocycles. The Bertz CT molecular complexity index is 729. The number of rotatable bonds is 6. The number of esters is 1. The monoisotopic (exact) mass is 364 g/mol. The van der Waals surface area contributed by atoms with Gasteiger partial charge in [-0.05, 0) is 11.0 Å². The topological polar surface area (TPSA) is 147 Å². The molecule has 11 nitrogen and oxygen atoms in total. The molecule has 0 aliphatic carbocycles. The molecule has 1 fully saturated rings. The molecule has 0 bridgehead atoms. The van der Waals surface area contributed by atoms with Gasteiger partial charge >= 0.3 is 11.8 Å². The van der Waals surface area contributed by atoms with Crippen LogP contribution in [0.1, 0.15) is 13.2 Å². The molecule has 0 saturated carbocycles. The number of aliphatic hydroxyl groups is 1. The van der Waals surface area contributed by atoms with Crippen molar-refractivity contribution >= 4 is 21.9 Å². The number of carbonyl (C=O) groups excluding carboxylic acids is 1. The second kappa shape index (κ2) is 6.84. The predicted octanol–water partition coefficient (Wildman–Crippen LogP) is -0.437. The molecule has 1 aromatic heterocycles. The SMILES string of the molecule is CC(=O)OC1C(O)C(COS(C)(=O)=O)OC1n1cccc1[N+](=O)[O-]. The average Bonchev–Trinajstić information content (AvgIpc) is 3.02. The van der Waals surface area contributed by atoms with Crippen molar-refractivity contribution in [2.75, 3.05) is 12.9 Å². The summed E-state index contributed by atoms with van der Waals surface area (Å²) < 4.78 is 38.3. The van der Waals surface area contributed by atoms with Crippen molar-refractivity contribution in [1.82, 2.24) is 4.57 Å². The van der Waals surface area contributed by atoms with E-state index in [0.29, 0.717) is 0 Å². The predicted molar refractivity (Wildman–Crippen MR) is 77.4 cm³/mol. The Balaban J connectivity index is 2.28. The summed E-state index contributed by atoms with van der Waals surface area (Å²) in [5, 5.41) is 21.3. The minimum absolute atomic E-state index is 0.339. The van der Waals surface area contributed by atoms with Crippen molar-refractivity contribution in [2.45, 2.75) is 31.5 Å². The fourth-order valence-corrected chi connectivity index (χ4v) is 2.73. The maximum absolute atomic E-state index is 11.2. The highest BCUT2D eigenvalue weighted by Crippen LogP contribution is 2.35. The fraction of sp³-hybridized carbons (Fsp3) is 0.583. The number of aliphatic hydroxyl groups excluding tert-OH is 1. The van der Waals surface area contributed by atoms with E-state index >= 15 is 0 Å². The van der Waals surface area contributed by atoms with Crippen LogP contribution >= 0.6 is 0 Å². The maximum atomic E-state index is 11.2. The summed E-state index contributed by atoms with van der Waals surface area (Å²) in [7, 11) is -3.78. The van der Waals surface area contributed by atoms with E-state index in [4.69, 9.17) is 9.47 Å². The highest BCUT2D eigenvalue weighted by atomic mass is 32.2. The summed E-state index contributed by atoms with van der Waals surface area (Å²) in [6.45, 7) is 0.581. The van der Waals surface area contributed by atoms with Crippen LogP contribution in [0.25, 0.3) is 0 Å². The first kappa shape index (κ1) is 18.3. The van der Waals surface area contributed by atoms with Crippen LogP contribution in [-0.4, -0.2) is 60.2 Å². The number of nitro groups is 1. The van der Waals surface area contributed by atoms with Gasteiger partial charge in [-0.25, -0.2) is 4.57 Å². The molecule has 1 aromatic rings. The largest absolute Gasteiger partial charge is 0.452 e. The Morgan fingerprint density at radius 2 is 2.21 bits per heavy atom. The second-order valence-electron chi connectivity index (χ2n) is 5.15. The number of hydrogen-bond acceptors (Lipinski definition) is 9. The molecule has 0 aromatic carbocycles. The molecule has 1 N–H and O–H groups in total. The van der Waals surface area contributed by atoms with Crippen LogP contribution in [0.3, 0.4) is 0 Å². The van der Waals surface area contributed by atoms with E-state index in [0.717, 1.165) is 17.7 Å². The Morgan fingerprint density at radius 3 is 2.75 bits per heavy atom. The summed E-state index contributed by atoms with van der Waals surface area (Å²) >= 11 is 0. The average molecular weight is 364 g/mol. The Labute approximate surface area is 137 Å². The molecule has 2 rings (SSSR count). The van der Waals surface area contributed by atoms with E-state index in [1.54, 1.807) is 0 Å². The summed E-state index contributed by atoms with van der Waals surface area (Å²) in [5.74, 6) is -1.07. The highest BCUT2D eigenvalue weighted by molar-refractivity contribution is 7.85. The van der Waals surface area contributed by atoms with Crippen LogP contribution in [0.4, 0.5) is 5.82 Å². The van der Waals surface area contributed by atoms with Gasteiger partial charge in [0.2, 0.25) is 6.23 Å². The van der Waals surface area contributed by atoms with E-state index in [9.17, 15) is 28.4 Å². The number of aromatic nitrogens is 1. The lowest BCUT2D eigenvalue weighted by Gasteiger charge is -2.18. The number of carbonyl (C=O) groups is 1. The van der Waals surface area contributed by atoms with Gasteiger partial charge in [0.25, 0.3) is 10.1 Å². The molecule has 134 valence electrons. The summed E-state index contributed by atoms with van der Waals surface area (Å²) in [4.78, 5) is 21.6. The molecule has 4 unspecified atom stereocenters. The minimum Gasteiger partial charge on any atom is -0.452 e. The van der Waals surface area contributed by atoms with Crippen LogP contribution in [0.2, 0.25) is 0 Å². The highest BCUT2D eigenvalue weighted by Gasteiger charge is 2.50. The van der Waals surface area contributed by atoms with Crippen molar-refractivity contribution in [3.8, 4) is 0 Å². The summed E-state index contributed by atoms with van der Waals surface area (Å²) in [6.07, 6.45) is -2.90. The van der Waals surface area contributed by atoms with Crippen LogP contribution in [0, 0.1) is 10.1 Å². The van der Waals surface area contributed by atoms with Crippen LogP contribution in [-0.2, 0) is 28.6 Å². The third-order valence-corrected chi connectivity index (χ3v) is 3.84. The molecule has 24 heavy (non-hydrogen) atoms. The molecule has 0 spiro atoms. The Morgan fingerprint density at radius 1 is 1.54 bits per heavy atom. The van der Waals surface area contributed by atoms with E-state index in [1.807, 2.05) is 0 Å². The van der Waals surface area contributed by atoms with Gasteiger partial charge in [0.1, 0.15) is 12.2 Å². The van der Waals surface area contributed by atoms with Gasteiger partial charge < -0.3 is 24.7 Å². The lowest BCUT2D eigenvalue weighted by Crippen LogP contribution is -2.37. The lowest BCUT2D eigenvalue weighted by atomic mass is 10.1. The van der Waals surface area contributed by atoms with E-state index in [-0.39, 0.29) is 5.82 Å². The fourth-order valence-electron chi connectivity index (χ4n) is 2.34. The second-order valence-corrected chi connectivity index (χ2v) is 6.79. The molecular formula is C12H16N2O9S. The van der Waals surface area contributed by atoms with E-state index < -0.39 is 52.2 Å². The zero-order valence-electron chi connectivity index (χ0n) is 12.8. The Kier molecular flexibility index (Phi) is 5.22. The summed E-state index contributed by atoms with van der Waals surface area (Å²) in [6, 6.07) is 2.60. The smallest absolute Gasteiger partial charge is 0.325 e. The molecule has 1 aliphatic rings. The molecule has 0 amide bonds. The number of ether oxygens (including phenoxy) is 2. The Hall–Kier alpha value is -2.02. The first-order valence-corrected chi connectivity index (χ1v) is 8.58. The third-order valence-electron chi connectivity index (χ3n) is 3.28. The molecule has 12 heteroatoms. The molecule has 4 atom stereocenters. The molecule has 1 saturated heterocycles. The summed E-state index contributed by atoms with van der Waals surface area (Å²) in [5.41, 5.74) is 0. The minimum atomic E-state index is -3.78. The first-order chi connectivity index (χ1) is 11.1. The van der Waals surface area contributed by atoms with Crippen molar-refractivity contribution in [3.63, 3.8) is 0 Å². The van der Waals surface area contributed by atoms with Crippen molar-refractivity contribution < 1.29 is 36.9 Å². The maximum Gasteiger partial charge on any atom is 0.325 e. The standard InChI is InChI=1S/C12H16N2O9S/c1-7(15)22-11-10(16)8(6-21-24(2,19)20)23-12(11)13-5-3-4-9(13)14(17)18/h3-5,8,10-12,16H,6H2,1-2H3. The normalized spacial score (nSPS) is 27.1. The van der Waals surface area contributed by atoms with E-state index in [1.165, 1.54) is 18.3 Å². The van der Waals surface area contributed by atoms with Crippen LogP contribution in [0.5, 0.6) is 0 Å². The van der Waals surface area contributed by atoms with Gasteiger partial charge in [0.05, 0.1) is 19.1 Å². The third kappa shape index (κ3) is 4.08. The zero-order chi connectivity index (χ0) is 18.1. The van der Waals surface area contributed by atoms with Gasteiger partial charge in [-0.2, -0.15) is 8.42 Å². The molecule has 2 heterocycles. The van der Waals surface area contributed by atoms with Gasteiger partial charge in [-0.15, -0.1) is 0 Å². The van der Waals surface area contributed by atoms with E-state index in [2.05, 4.69) is 4.18 Å². The lowest BCUT2D eigenvalue weighted by molar-refractivity contribution is -0.394. The van der Waals surface area contributed by atoms with Gasteiger partial charge in [0.15, 0.2) is 6.10 Å². The van der Waals surface area contributed by atoms with Crippen molar-refractivity contribution in [3.05, 3.63) is 28.4 Å². The van der Waals surface area contributed by atoms with Crippen molar-refractivity contribution in [2.24, 2.45) is 0 Å². The molecular weight excluding hydrogens is 348 g/mol. The number of hydrogen-bond donors (Lipinski definition) is 1. The first-order valence-electron chi connectivity index (χ1n) is 6.76. The van der Waals surface area contributed by atoms with Gasteiger partial charge in [-0.1, -0.05) is 0 Å². The quantitative estimate of drug-likeness (QED) is 0.307. The zero-order valence-corrected chi connectivity index (χ0v) is 13.6.